The number of carbonyl (C=O) groups excluding carboxylic acids is 2. The van der Waals surface area contributed by atoms with Crippen LogP contribution in [0.5, 0.6) is 0 Å². The van der Waals surface area contributed by atoms with E-state index in [-0.39, 0.29) is 17.7 Å². The van der Waals surface area contributed by atoms with Crippen molar-refractivity contribution in [2.75, 3.05) is 30.6 Å². The molecule has 3 fully saturated rings. The fraction of sp³-hybridized carbons (Fsp3) is 0.656. The molecule has 1 aromatic heterocycles. The van der Waals surface area contributed by atoms with Crippen LogP contribution in [0, 0.1) is 19.8 Å². The van der Waals surface area contributed by atoms with Crippen molar-refractivity contribution in [3.8, 4) is 5.69 Å². The van der Waals surface area contributed by atoms with Gasteiger partial charge in [0.25, 0.3) is 0 Å². The predicted octanol–water partition coefficient (Wildman–Crippen LogP) is 3.26. The number of amides is 2. The summed E-state index contributed by atoms with van der Waals surface area (Å²) in [5.74, 6) is -0.201. The summed E-state index contributed by atoms with van der Waals surface area (Å²) in [5.41, 5.74) is 3.47. The van der Waals surface area contributed by atoms with Crippen LogP contribution in [-0.2, 0) is 26.2 Å². The van der Waals surface area contributed by atoms with Gasteiger partial charge in [-0.15, -0.1) is 0 Å². The van der Waals surface area contributed by atoms with Gasteiger partial charge in [0.1, 0.15) is 11.6 Å². The van der Waals surface area contributed by atoms with Crippen LogP contribution < -0.4 is 10.0 Å². The van der Waals surface area contributed by atoms with E-state index in [2.05, 4.69) is 21.9 Å². The lowest BCUT2D eigenvalue weighted by atomic mass is 9.78. The number of hydrogen-bond acceptors (Lipinski definition) is 7. The highest BCUT2D eigenvalue weighted by Crippen LogP contribution is 2.37. The number of piperazine rings is 1. The molecule has 2 aromatic rings. The van der Waals surface area contributed by atoms with E-state index in [1.165, 1.54) is 0 Å². The maximum atomic E-state index is 13.9. The average molecular weight is 629 g/mol. The predicted molar refractivity (Wildman–Crippen MR) is 170 cm³/mol. The number of rotatable bonds is 10. The molecule has 1 spiro atoms. The molecular weight excluding hydrogens is 580 g/mol. The van der Waals surface area contributed by atoms with Crippen molar-refractivity contribution in [3.05, 3.63) is 41.2 Å². The van der Waals surface area contributed by atoms with Crippen LogP contribution in [0.4, 0.5) is 5.69 Å². The van der Waals surface area contributed by atoms with Crippen LogP contribution in [-0.4, -0.2) is 88.5 Å². The van der Waals surface area contributed by atoms with E-state index in [9.17, 15) is 23.1 Å². The Kier molecular flexibility index (Phi) is 9.72. The van der Waals surface area contributed by atoms with Gasteiger partial charge in [0.2, 0.25) is 21.8 Å². The van der Waals surface area contributed by atoms with Crippen molar-refractivity contribution < 1.29 is 23.1 Å². The Morgan fingerprint density at radius 2 is 1.75 bits per heavy atom. The summed E-state index contributed by atoms with van der Waals surface area (Å²) < 4.78 is 27.5. The number of benzene rings is 1. The lowest BCUT2D eigenvalue weighted by molar-refractivity contribution is -0.166. The van der Waals surface area contributed by atoms with Gasteiger partial charge in [-0.05, 0) is 76.1 Å². The first-order chi connectivity index (χ1) is 20.9. The number of nitrogens with zero attached hydrogens (tertiary/aromatic N) is 4. The van der Waals surface area contributed by atoms with E-state index in [1.807, 2.05) is 35.6 Å². The summed E-state index contributed by atoms with van der Waals surface area (Å²) in [7, 11) is -3.35. The van der Waals surface area contributed by atoms with Gasteiger partial charge in [-0.3, -0.25) is 19.2 Å². The zero-order chi connectivity index (χ0) is 31.6. The van der Waals surface area contributed by atoms with E-state index >= 15 is 0 Å². The maximum absolute atomic E-state index is 13.9. The number of piperidine rings is 1. The van der Waals surface area contributed by atoms with Gasteiger partial charge in [0.05, 0.1) is 23.7 Å². The second-order valence-corrected chi connectivity index (χ2v) is 14.7. The Balaban J connectivity index is 1.28. The number of aliphatic hydroxyl groups is 1. The minimum Gasteiger partial charge on any atom is -0.390 e. The summed E-state index contributed by atoms with van der Waals surface area (Å²) in [6, 6.07) is 6.25. The number of aliphatic hydroxyl groups excluding tert-OH is 1. The molecule has 2 aliphatic heterocycles. The smallest absolute Gasteiger partial charge is 0.248 e. The van der Waals surface area contributed by atoms with Gasteiger partial charge in [0, 0.05) is 43.1 Å². The highest BCUT2D eigenvalue weighted by molar-refractivity contribution is 7.92. The monoisotopic (exact) mass is 628 g/mol. The lowest BCUT2D eigenvalue weighted by Gasteiger charge is -2.52. The van der Waals surface area contributed by atoms with Crippen LogP contribution in [0.2, 0.25) is 0 Å². The number of nitrogens with one attached hydrogen (secondary N) is 2. The zero-order valence-electron chi connectivity index (χ0n) is 26.5. The maximum Gasteiger partial charge on any atom is 0.248 e. The molecule has 12 heteroatoms. The zero-order valence-corrected chi connectivity index (χ0v) is 27.3. The second-order valence-electron chi connectivity index (χ2n) is 13.0. The summed E-state index contributed by atoms with van der Waals surface area (Å²) in [6.07, 6.45) is 8.18. The molecule has 0 radical (unpaired) electrons. The van der Waals surface area contributed by atoms with Gasteiger partial charge < -0.3 is 15.3 Å². The molecule has 44 heavy (non-hydrogen) atoms. The van der Waals surface area contributed by atoms with Crippen LogP contribution in [0.1, 0.15) is 81.7 Å². The summed E-state index contributed by atoms with van der Waals surface area (Å²) in [5, 5.41) is 19.0. The van der Waals surface area contributed by atoms with Crippen LogP contribution in [0.25, 0.3) is 5.69 Å². The van der Waals surface area contributed by atoms with Crippen molar-refractivity contribution in [2.24, 2.45) is 5.92 Å². The third kappa shape index (κ3) is 6.67. The Labute approximate surface area is 261 Å². The molecule has 2 unspecified atom stereocenters. The largest absolute Gasteiger partial charge is 0.390 e. The van der Waals surface area contributed by atoms with Gasteiger partial charge in [-0.1, -0.05) is 32.6 Å². The van der Waals surface area contributed by atoms with Crippen molar-refractivity contribution in [1.82, 2.24) is 24.9 Å². The fourth-order valence-electron chi connectivity index (χ4n) is 7.30. The van der Waals surface area contributed by atoms with Crippen molar-refractivity contribution >= 4 is 27.5 Å². The molecule has 1 saturated carbocycles. The molecule has 0 bridgehead atoms. The Hall–Kier alpha value is -2.96. The quantitative estimate of drug-likeness (QED) is 0.367. The van der Waals surface area contributed by atoms with Gasteiger partial charge in [-0.25, -0.2) is 13.1 Å². The Morgan fingerprint density at radius 3 is 2.36 bits per heavy atom. The second kappa shape index (κ2) is 13.2. The van der Waals surface area contributed by atoms with Gasteiger partial charge >= 0.3 is 0 Å². The molecular formula is C32H48N6O5S. The van der Waals surface area contributed by atoms with E-state index in [0.717, 1.165) is 73.8 Å². The number of anilines is 1. The Morgan fingerprint density at radius 1 is 1.09 bits per heavy atom. The number of carbonyl (C=O) groups is 2. The molecule has 1 aliphatic carbocycles. The summed E-state index contributed by atoms with van der Waals surface area (Å²) >= 11 is 0. The van der Waals surface area contributed by atoms with Crippen molar-refractivity contribution in [1.29, 1.82) is 0 Å². The molecule has 3 heterocycles. The normalized spacial score (nSPS) is 22.3. The first kappa shape index (κ1) is 32.4. The first-order valence-electron chi connectivity index (χ1n) is 16.1. The van der Waals surface area contributed by atoms with E-state index in [0.29, 0.717) is 44.7 Å². The third-order valence-corrected chi connectivity index (χ3v) is 10.5. The summed E-state index contributed by atoms with van der Waals surface area (Å²) in [6.45, 7) is 8.63. The molecule has 242 valence electrons. The minimum absolute atomic E-state index is 0.0522. The van der Waals surface area contributed by atoms with E-state index in [4.69, 9.17) is 5.10 Å². The van der Waals surface area contributed by atoms with E-state index < -0.39 is 27.7 Å². The van der Waals surface area contributed by atoms with Gasteiger partial charge in [0.15, 0.2) is 0 Å². The number of aromatic nitrogens is 2. The number of aryl methyl sites for hydroxylation is 1. The fourth-order valence-corrected chi connectivity index (χ4v) is 7.86. The molecule has 11 nitrogen and oxygen atoms in total. The number of unbranched alkanes of at least 4 members (excludes halogenated alkanes) is 1. The molecule has 2 atom stereocenters. The molecule has 3 aliphatic rings. The standard InChI is InChI=1S/C32H48N6O5S/c1-5-6-18-37-30(40)28(29(39)24-10-8-7-9-11-24)33-31(41)32(37)16-19-36(20-17-32)21-27-22(2)34-38(23(27)3)26-14-12-25(13-15-26)35-44(4,42)43/h12-15,24,28-29,35,39H,5-11,16-21H2,1-4H3,(H,33,41). The first-order valence-corrected chi connectivity index (χ1v) is 18.0. The molecule has 1 aromatic carbocycles. The molecule has 3 N–H and O–H groups in total. The number of likely N-dealkylation sites (tertiary alicyclic amines) is 1. The lowest BCUT2D eigenvalue weighted by Crippen LogP contribution is -2.75. The molecule has 5 rings (SSSR count). The third-order valence-electron chi connectivity index (χ3n) is 9.89. The Bertz CT molecular complexity index is 1440. The highest BCUT2D eigenvalue weighted by Gasteiger charge is 2.55. The number of hydrogen-bond donors (Lipinski definition) is 3. The van der Waals surface area contributed by atoms with E-state index in [1.54, 1.807) is 12.1 Å². The molecule has 2 saturated heterocycles. The van der Waals surface area contributed by atoms with Gasteiger partial charge in [-0.2, -0.15) is 5.10 Å². The SMILES string of the molecule is CCCCN1C(=O)C(C(O)C2CCCCC2)NC(=O)C12CCN(Cc1c(C)nn(-c3ccc(NS(C)(=O)=O)cc3)c1C)CC2. The van der Waals surface area contributed by atoms with Crippen LogP contribution in [0.15, 0.2) is 24.3 Å². The van der Waals surface area contributed by atoms with Crippen molar-refractivity contribution in [2.45, 2.75) is 103 Å². The summed E-state index contributed by atoms with van der Waals surface area (Å²) in [4.78, 5) is 31.9. The highest BCUT2D eigenvalue weighted by atomic mass is 32.2. The van der Waals surface area contributed by atoms with Crippen molar-refractivity contribution in [3.63, 3.8) is 0 Å². The molecule has 2 amide bonds. The number of sulfonamides is 1. The van der Waals surface area contributed by atoms with Crippen LogP contribution in [0.3, 0.4) is 0 Å². The topological polar surface area (TPSA) is 137 Å². The van der Waals surface area contributed by atoms with Crippen LogP contribution >= 0.6 is 0 Å². The minimum atomic E-state index is -3.35. The average Bonchev–Trinajstić information content (AvgIpc) is 3.28.